The van der Waals surface area contributed by atoms with Gasteiger partial charge in [0.05, 0.1) is 49.1 Å². The van der Waals surface area contributed by atoms with Crippen LogP contribution < -0.4 is 5.32 Å². The molecule has 0 bridgehead atoms. The summed E-state index contributed by atoms with van der Waals surface area (Å²) in [6.45, 7) is 4.68. The number of methoxy groups -OCH3 is 2. The van der Waals surface area contributed by atoms with E-state index in [0.29, 0.717) is 31.2 Å². The van der Waals surface area contributed by atoms with Crippen LogP contribution in [0, 0.1) is 5.92 Å². The predicted octanol–water partition coefficient (Wildman–Crippen LogP) is 6.77. The molecule has 2 aliphatic heterocycles. The van der Waals surface area contributed by atoms with E-state index in [1.54, 1.807) is 24.4 Å². The number of benzene rings is 3. The molecule has 4 unspecified atom stereocenters. The van der Waals surface area contributed by atoms with Gasteiger partial charge >= 0.3 is 12.2 Å². The number of ether oxygens (including phenoxy) is 2. The van der Waals surface area contributed by atoms with E-state index < -0.39 is 18.2 Å². The van der Waals surface area contributed by atoms with Crippen molar-refractivity contribution in [3.8, 4) is 33.6 Å². The fourth-order valence-electron chi connectivity index (χ4n) is 7.37. The second-order valence-corrected chi connectivity index (χ2v) is 13.8. The Labute approximate surface area is 301 Å². The number of likely N-dealkylation sites (tertiary alicyclic amines) is 2. The van der Waals surface area contributed by atoms with Crippen LogP contribution in [0.3, 0.4) is 0 Å². The number of nitrogens with zero attached hydrogens (tertiary/aromatic N) is 4. The lowest BCUT2D eigenvalue weighted by Crippen LogP contribution is -2.51. The molecule has 5 aromatic rings. The van der Waals surface area contributed by atoms with Crippen molar-refractivity contribution in [1.82, 2.24) is 35.1 Å². The van der Waals surface area contributed by atoms with Crippen molar-refractivity contribution in [2.75, 3.05) is 27.3 Å². The fourth-order valence-corrected chi connectivity index (χ4v) is 7.37. The zero-order chi connectivity index (χ0) is 36.5. The Morgan fingerprint density at radius 3 is 2.06 bits per heavy atom. The van der Waals surface area contributed by atoms with Gasteiger partial charge in [-0.15, -0.1) is 0 Å². The third-order valence-electron chi connectivity index (χ3n) is 10.3. The summed E-state index contributed by atoms with van der Waals surface area (Å²) in [5, 5.41) is 14.4. The number of rotatable bonds is 9. The molecule has 0 radical (unpaired) electrons. The fraction of sp³-hybridized carbons (Fsp3) is 0.359. The first-order chi connectivity index (χ1) is 25.1. The van der Waals surface area contributed by atoms with Gasteiger partial charge in [0.15, 0.2) is 0 Å². The Kier molecular flexibility index (Phi) is 9.69. The molecule has 4 N–H and O–H groups in total. The number of imidazole rings is 2. The van der Waals surface area contributed by atoms with E-state index in [-0.39, 0.29) is 30.0 Å². The molecule has 3 amide bonds. The number of carbonyl (C=O) groups is 3. The monoisotopic (exact) mass is 705 g/mol. The summed E-state index contributed by atoms with van der Waals surface area (Å²) in [6, 6.07) is 19.6. The van der Waals surface area contributed by atoms with Crippen LogP contribution in [0.5, 0.6) is 0 Å². The molecule has 3 aromatic carbocycles. The molecule has 0 aliphatic carbocycles. The van der Waals surface area contributed by atoms with Crippen LogP contribution in [-0.4, -0.2) is 92.4 Å². The van der Waals surface area contributed by atoms with Crippen molar-refractivity contribution in [3.05, 3.63) is 84.7 Å². The molecule has 0 spiro atoms. The van der Waals surface area contributed by atoms with Gasteiger partial charge in [0.25, 0.3) is 0 Å². The number of hydrogen-bond donors (Lipinski definition) is 4. The van der Waals surface area contributed by atoms with Crippen molar-refractivity contribution in [1.29, 1.82) is 0 Å². The minimum Gasteiger partial charge on any atom is -0.465 e. The van der Waals surface area contributed by atoms with Gasteiger partial charge in [-0.2, -0.15) is 0 Å². The molecular formula is C39H43N7O6. The minimum absolute atomic E-state index is 0.147. The number of carbonyl (C=O) groups excluding carboxylic acids is 2. The van der Waals surface area contributed by atoms with Crippen LogP contribution in [0.4, 0.5) is 9.59 Å². The van der Waals surface area contributed by atoms with Crippen LogP contribution >= 0.6 is 0 Å². The molecular weight excluding hydrogens is 662 g/mol. The van der Waals surface area contributed by atoms with Crippen LogP contribution in [0.1, 0.15) is 56.8 Å². The number of amides is 3. The summed E-state index contributed by atoms with van der Waals surface area (Å²) in [5.74, 6) is 0.989. The van der Waals surface area contributed by atoms with Gasteiger partial charge < -0.3 is 34.8 Å². The van der Waals surface area contributed by atoms with Crippen molar-refractivity contribution < 1.29 is 29.0 Å². The molecule has 270 valence electrons. The van der Waals surface area contributed by atoms with Gasteiger partial charge in [-0.1, -0.05) is 62.4 Å². The van der Waals surface area contributed by atoms with E-state index >= 15 is 0 Å². The van der Waals surface area contributed by atoms with Crippen LogP contribution in [0.2, 0.25) is 0 Å². The second-order valence-electron chi connectivity index (χ2n) is 13.8. The highest BCUT2D eigenvalue weighted by atomic mass is 16.5. The molecule has 2 fully saturated rings. The molecule has 2 saturated heterocycles. The third kappa shape index (κ3) is 6.83. The number of hydrogen-bond acceptors (Lipinski definition) is 7. The van der Waals surface area contributed by atoms with Crippen LogP contribution in [0.25, 0.3) is 44.4 Å². The van der Waals surface area contributed by atoms with Gasteiger partial charge in [-0.05, 0) is 58.4 Å². The zero-order valence-electron chi connectivity index (χ0n) is 29.6. The summed E-state index contributed by atoms with van der Waals surface area (Å²) in [5.41, 5.74) is 5.80. The maximum atomic E-state index is 13.7. The number of carboxylic acid groups (broad SMARTS) is 1. The number of nitrogens with one attached hydrogen (secondary N) is 3. The van der Waals surface area contributed by atoms with Crippen molar-refractivity contribution in [2.24, 2.45) is 5.92 Å². The molecule has 0 saturated carbocycles. The summed E-state index contributed by atoms with van der Waals surface area (Å²) in [4.78, 5) is 56.5. The maximum absolute atomic E-state index is 13.7. The lowest BCUT2D eigenvalue weighted by Gasteiger charge is -2.29. The first-order valence-corrected chi connectivity index (χ1v) is 17.6. The molecule has 7 rings (SSSR count). The predicted molar refractivity (Wildman–Crippen MR) is 195 cm³/mol. The smallest absolute Gasteiger partial charge is 0.407 e. The van der Waals surface area contributed by atoms with Gasteiger partial charge in [0.2, 0.25) is 5.91 Å². The van der Waals surface area contributed by atoms with Gasteiger partial charge in [0, 0.05) is 32.2 Å². The Morgan fingerprint density at radius 1 is 0.827 bits per heavy atom. The summed E-state index contributed by atoms with van der Waals surface area (Å²) >= 11 is 0. The summed E-state index contributed by atoms with van der Waals surface area (Å²) in [6.07, 6.45) is 4.01. The van der Waals surface area contributed by atoms with E-state index in [2.05, 4.69) is 85.9 Å². The maximum Gasteiger partial charge on any atom is 0.407 e. The number of aromatic amines is 2. The van der Waals surface area contributed by atoms with E-state index in [4.69, 9.17) is 9.47 Å². The quantitative estimate of drug-likeness (QED) is 0.130. The summed E-state index contributed by atoms with van der Waals surface area (Å²) < 4.78 is 10.4. The standard InChI is InChI=1S/C39H43N7O6/c1-22(2)34(44-38(48)52-4)37(47)46-21-29(51-3)18-33(46)36-41-19-30(42-36)24-9-7-23(8-10-24)25-11-12-27-17-28(14-13-26(27)16-25)31-20-40-35(43-31)32-6-5-15-45(32)39(49)50/h7-14,16-17,19-20,22,29,32-34H,5-6,15,18,21H2,1-4H3,(H,40,43)(H,41,42)(H,44,48)(H,49,50). The lowest BCUT2D eigenvalue weighted by molar-refractivity contribution is -0.135. The Hall–Kier alpha value is -5.69. The molecule has 52 heavy (non-hydrogen) atoms. The zero-order valence-corrected chi connectivity index (χ0v) is 29.6. The molecule has 13 nitrogen and oxygen atoms in total. The average molecular weight is 706 g/mol. The van der Waals surface area contributed by atoms with Gasteiger partial charge in [-0.3, -0.25) is 9.69 Å². The van der Waals surface area contributed by atoms with E-state index in [9.17, 15) is 19.5 Å². The van der Waals surface area contributed by atoms with Gasteiger partial charge in [0.1, 0.15) is 17.7 Å². The van der Waals surface area contributed by atoms with Crippen molar-refractivity contribution in [3.63, 3.8) is 0 Å². The number of aromatic nitrogens is 4. The normalized spacial score (nSPS) is 19.4. The Morgan fingerprint density at radius 2 is 1.42 bits per heavy atom. The largest absolute Gasteiger partial charge is 0.465 e. The van der Waals surface area contributed by atoms with Crippen LogP contribution in [0.15, 0.2) is 73.1 Å². The first kappa shape index (κ1) is 34.7. The van der Waals surface area contributed by atoms with Crippen LogP contribution in [-0.2, 0) is 14.3 Å². The van der Waals surface area contributed by atoms with E-state index in [0.717, 1.165) is 57.3 Å². The minimum atomic E-state index is -0.915. The average Bonchev–Trinajstić information content (AvgIpc) is 3.99. The Balaban J connectivity index is 1.06. The second kappa shape index (κ2) is 14.5. The van der Waals surface area contributed by atoms with E-state index in [1.165, 1.54) is 12.0 Å². The summed E-state index contributed by atoms with van der Waals surface area (Å²) in [7, 11) is 2.91. The third-order valence-corrected chi connectivity index (χ3v) is 10.3. The lowest BCUT2D eigenvalue weighted by atomic mass is 9.98. The topological polar surface area (TPSA) is 166 Å². The molecule has 4 atom stereocenters. The SMILES string of the molecule is COC(=O)NC(C(=O)N1CC(OC)CC1c1ncc(-c2ccc(-c3ccc4cc(-c5cnc(C6CCCN6C(=O)O)[nH]5)ccc4c3)cc2)[nH]1)C(C)C. The van der Waals surface area contributed by atoms with E-state index in [1.807, 2.05) is 13.8 Å². The molecule has 4 heterocycles. The number of fused-ring (bicyclic) bond motifs is 1. The van der Waals surface area contributed by atoms with Crippen molar-refractivity contribution in [2.45, 2.75) is 57.3 Å². The van der Waals surface area contributed by atoms with Gasteiger partial charge in [-0.25, -0.2) is 19.6 Å². The molecule has 2 aliphatic rings. The molecule has 13 heteroatoms. The molecule has 2 aromatic heterocycles. The first-order valence-electron chi connectivity index (χ1n) is 17.6. The highest BCUT2D eigenvalue weighted by Gasteiger charge is 2.41. The Bertz CT molecular complexity index is 2090. The number of H-pyrrole nitrogens is 2. The highest BCUT2D eigenvalue weighted by Crippen LogP contribution is 2.36. The van der Waals surface area contributed by atoms with Crippen molar-refractivity contribution >= 4 is 28.9 Å². The highest BCUT2D eigenvalue weighted by molar-refractivity contribution is 5.91. The number of alkyl carbamates (subject to hydrolysis) is 1.